The molecule has 0 bridgehead atoms. The number of rotatable bonds is 4. The molecule has 0 unspecified atom stereocenters. The third-order valence-corrected chi connectivity index (χ3v) is 4.92. The van der Waals surface area contributed by atoms with E-state index < -0.39 is 16.7 Å². The third kappa shape index (κ3) is 4.74. The van der Waals surface area contributed by atoms with Gasteiger partial charge in [0.15, 0.2) is 5.76 Å². The minimum absolute atomic E-state index is 0.0223. The Kier molecular flexibility index (Phi) is 5.96. The van der Waals surface area contributed by atoms with E-state index in [-0.39, 0.29) is 28.4 Å². The molecule has 0 spiro atoms. The second kappa shape index (κ2) is 8.49. The lowest BCUT2D eigenvalue weighted by molar-refractivity contribution is -0.384. The molecule has 0 fully saturated rings. The van der Waals surface area contributed by atoms with Gasteiger partial charge in [0.1, 0.15) is 5.76 Å². The molecule has 12 heteroatoms. The lowest BCUT2D eigenvalue weighted by atomic mass is 9.75. The zero-order valence-corrected chi connectivity index (χ0v) is 17.8. The van der Waals surface area contributed by atoms with E-state index in [0.29, 0.717) is 35.4 Å². The van der Waals surface area contributed by atoms with Crippen LogP contribution in [0.25, 0.3) is 0 Å². The highest BCUT2D eigenvalue weighted by Crippen LogP contribution is 2.38. The molecular weight excluding hydrogens is 418 g/mol. The Morgan fingerprint density at radius 2 is 1.75 bits per heavy atom. The van der Waals surface area contributed by atoms with Crippen molar-refractivity contribution in [3.63, 3.8) is 0 Å². The van der Waals surface area contributed by atoms with Crippen molar-refractivity contribution in [2.45, 2.75) is 33.6 Å². The first-order valence-electron chi connectivity index (χ1n) is 9.62. The SMILES string of the molecule is Cc1c(C(=O)NNC(=O)c2ccc([N+](=O)[O-])cc2)oc2c1/C(=N\N=C(N)N)CC(C)(C)C2. The van der Waals surface area contributed by atoms with E-state index >= 15 is 0 Å². The first kappa shape index (κ1) is 22.5. The Hall–Kier alpha value is -4.22. The van der Waals surface area contributed by atoms with E-state index in [1.165, 1.54) is 24.3 Å². The van der Waals surface area contributed by atoms with Gasteiger partial charge in [-0.1, -0.05) is 13.8 Å². The first-order chi connectivity index (χ1) is 15.0. The number of nitrogens with two attached hydrogens (primary N) is 2. The monoisotopic (exact) mass is 441 g/mol. The van der Waals surface area contributed by atoms with Gasteiger partial charge in [-0.3, -0.25) is 30.6 Å². The fraction of sp³-hybridized carbons (Fsp3) is 0.300. The Balaban J connectivity index is 1.79. The van der Waals surface area contributed by atoms with Crippen LogP contribution in [0.3, 0.4) is 0 Å². The summed E-state index contributed by atoms with van der Waals surface area (Å²) in [6.45, 7) is 5.77. The molecule has 0 saturated heterocycles. The predicted molar refractivity (Wildman–Crippen MR) is 116 cm³/mol. The number of benzene rings is 1. The number of nitro groups is 1. The highest BCUT2D eigenvalue weighted by Gasteiger charge is 2.36. The predicted octanol–water partition coefficient (Wildman–Crippen LogP) is 1.52. The first-order valence-corrected chi connectivity index (χ1v) is 9.62. The zero-order valence-electron chi connectivity index (χ0n) is 17.8. The van der Waals surface area contributed by atoms with Gasteiger partial charge in [0.2, 0.25) is 5.96 Å². The van der Waals surface area contributed by atoms with Crippen molar-refractivity contribution in [3.8, 4) is 0 Å². The van der Waals surface area contributed by atoms with Crippen LogP contribution in [0.1, 0.15) is 58.1 Å². The van der Waals surface area contributed by atoms with Crippen LogP contribution in [-0.4, -0.2) is 28.4 Å². The maximum Gasteiger partial charge on any atom is 0.305 e. The molecule has 0 atom stereocenters. The lowest BCUT2D eigenvalue weighted by Gasteiger charge is -2.29. The van der Waals surface area contributed by atoms with Crippen LogP contribution >= 0.6 is 0 Å². The van der Waals surface area contributed by atoms with Crippen LogP contribution in [0.5, 0.6) is 0 Å². The number of furan rings is 1. The van der Waals surface area contributed by atoms with Crippen molar-refractivity contribution in [1.82, 2.24) is 10.9 Å². The van der Waals surface area contributed by atoms with Crippen LogP contribution in [0.4, 0.5) is 5.69 Å². The number of fused-ring (bicyclic) bond motifs is 1. The van der Waals surface area contributed by atoms with E-state index in [1.807, 2.05) is 13.8 Å². The average molecular weight is 441 g/mol. The molecule has 1 aliphatic carbocycles. The minimum Gasteiger partial charge on any atom is -0.455 e. The van der Waals surface area contributed by atoms with Gasteiger partial charge in [-0.25, -0.2) is 0 Å². The van der Waals surface area contributed by atoms with Crippen molar-refractivity contribution in [1.29, 1.82) is 0 Å². The summed E-state index contributed by atoms with van der Waals surface area (Å²) in [6.07, 6.45) is 1.15. The molecule has 1 aromatic carbocycles. The Morgan fingerprint density at radius 3 is 2.34 bits per heavy atom. The number of hydrazine groups is 1. The molecule has 3 rings (SSSR count). The van der Waals surface area contributed by atoms with Crippen molar-refractivity contribution in [2.24, 2.45) is 27.1 Å². The number of nitro benzene ring substituents is 1. The van der Waals surface area contributed by atoms with Crippen molar-refractivity contribution < 1.29 is 18.9 Å². The molecule has 168 valence electrons. The summed E-state index contributed by atoms with van der Waals surface area (Å²) in [5.74, 6) is -0.885. The highest BCUT2D eigenvalue weighted by molar-refractivity contribution is 6.07. The Morgan fingerprint density at radius 1 is 1.12 bits per heavy atom. The molecular formula is C20H23N7O5. The van der Waals surface area contributed by atoms with Gasteiger partial charge in [-0.2, -0.15) is 5.10 Å². The second-order valence-corrected chi connectivity index (χ2v) is 8.16. The van der Waals surface area contributed by atoms with Gasteiger partial charge < -0.3 is 15.9 Å². The molecule has 0 saturated carbocycles. The summed E-state index contributed by atoms with van der Waals surface area (Å²) < 4.78 is 5.82. The Labute approximate surface area is 182 Å². The van der Waals surface area contributed by atoms with Crippen molar-refractivity contribution in [2.75, 3.05) is 0 Å². The standard InChI is InChI=1S/C20H23N7O5/c1-10-15-13(23-26-19(21)22)8-20(2,3)9-14(15)32-16(10)18(29)25-24-17(28)11-4-6-12(7-5-11)27(30)31/h4-7H,8-9H2,1-3H3,(H,24,28)(H,25,29)(H4,21,22,26)/b23-13-. The fourth-order valence-electron chi connectivity index (χ4n) is 3.51. The number of hydrogen-bond donors (Lipinski definition) is 4. The van der Waals surface area contributed by atoms with Crippen LogP contribution in [0.2, 0.25) is 0 Å². The summed E-state index contributed by atoms with van der Waals surface area (Å²) in [7, 11) is 0. The highest BCUT2D eigenvalue weighted by atomic mass is 16.6. The van der Waals surface area contributed by atoms with Crippen LogP contribution in [-0.2, 0) is 6.42 Å². The summed E-state index contributed by atoms with van der Waals surface area (Å²) in [5, 5.41) is 18.6. The molecule has 12 nitrogen and oxygen atoms in total. The average Bonchev–Trinajstić information content (AvgIpc) is 3.05. The van der Waals surface area contributed by atoms with E-state index in [1.54, 1.807) is 6.92 Å². The maximum absolute atomic E-state index is 12.7. The molecule has 0 aliphatic heterocycles. The maximum atomic E-state index is 12.7. The number of guanidine groups is 1. The Bertz CT molecular complexity index is 1140. The van der Waals surface area contributed by atoms with Crippen LogP contribution in [0.15, 0.2) is 38.9 Å². The molecule has 0 radical (unpaired) electrons. The number of amides is 2. The third-order valence-electron chi connectivity index (χ3n) is 4.92. The number of non-ortho nitro benzene ring substituents is 1. The number of carbonyl (C=O) groups is 2. The minimum atomic E-state index is -0.661. The number of carbonyl (C=O) groups excluding carboxylic acids is 2. The molecule has 6 N–H and O–H groups in total. The summed E-state index contributed by atoms with van der Waals surface area (Å²) in [6, 6.07) is 4.96. The molecule has 1 aromatic heterocycles. The fourth-order valence-corrected chi connectivity index (χ4v) is 3.51. The molecule has 1 aliphatic rings. The summed E-state index contributed by atoms with van der Waals surface area (Å²) >= 11 is 0. The van der Waals surface area contributed by atoms with Crippen molar-refractivity contribution >= 4 is 29.2 Å². The van der Waals surface area contributed by atoms with Gasteiger partial charge in [0.25, 0.3) is 11.6 Å². The van der Waals surface area contributed by atoms with Gasteiger partial charge >= 0.3 is 5.91 Å². The second-order valence-electron chi connectivity index (χ2n) is 8.16. The van der Waals surface area contributed by atoms with Gasteiger partial charge in [-0.05, 0) is 30.9 Å². The number of nitrogens with zero attached hydrogens (tertiary/aromatic N) is 3. The van der Waals surface area contributed by atoms with Crippen molar-refractivity contribution in [3.05, 3.63) is 62.6 Å². The van der Waals surface area contributed by atoms with Gasteiger partial charge in [-0.15, -0.1) is 5.10 Å². The normalized spacial score (nSPS) is 15.5. The van der Waals surface area contributed by atoms with E-state index in [4.69, 9.17) is 15.9 Å². The summed E-state index contributed by atoms with van der Waals surface area (Å²) in [4.78, 5) is 35.1. The largest absolute Gasteiger partial charge is 0.455 e. The van der Waals surface area contributed by atoms with E-state index in [0.717, 1.165) is 0 Å². The number of hydrogen-bond acceptors (Lipinski definition) is 7. The molecule has 32 heavy (non-hydrogen) atoms. The van der Waals surface area contributed by atoms with Gasteiger partial charge in [0.05, 0.1) is 10.6 Å². The molecule has 1 heterocycles. The smallest absolute Gasteiger partial charge is 0.305 e. The van der Waals surface area contributed by atoms with Crippen LogP contribution < -0.4 is 22.3 Å². The van der Waals surface area contributed by atoms with E-state index in [9.17, 15) is 19.7 Å². The zero-order chi connectivity index (χ0) is 23.6. The molecule has 2 aromatic rings. The summed E-state index contributed by atoms with van der Waals surface area (Å²) in [5.41, 5.74) is 16.9. The van der Waals surface area contributed by atoms with Gasteiger partial charge in [0, 0.05) is 35.2 Å². The molecule has 2 amide bonds. The number of nitrogens with one attached hydrogen (secondary N) is 2. The topological polar surface area (TPSA) is 191 Å². The van der Waals surface area contributed by atoms with Crippen LogP contribution in [0, 0.1) is 22.5 Å². The lowest BCUT2D eigenvalue weighted by Crippen LogP contribution is -2.41. The van der Waals surface area contributed by atoms with E-state index in [2.05, 4.69) is 21.1 Å². The quantitative estimate of drug-likeness (QED) is 0.239.